The van der Waals surface area contributed by atoms with Crippen LogP contribution in [-0.2, 0) is 55.7 Å². The number of nitrogens with two attached hydrogens (primary N) is 1. The van der Waals surface area contributed by atoms with Gasteiger partial charge in [-0.3, -0.25) is 0 Å². The molecule has 1 heterocycles. The molecule has 7 nitrogen and oxygen atoms in total. The summed E-state index contributed by atoms with van der Waals surface area (Å²) in [5, 5.41) is 0.657. The van der Waals surface area contributed by atoms with Crippen molar-refractivity contribution in [1.82, 2.24) is 0 Å². The predicted octanol–water partition coefficient (Wildman–Crippen LogP) is 11.3. The van der Waals surface area contributed by atoms with Crippen molar-refractivity contribution in [3.63, 3.8) is 0 Å². The van der Waals surface area contributed by atoms with E-state index in [9.17, 15) is 0 Å². The Hall–Kier alpha value is -4.05. The summed E-state index contributed by atoms with van der Waals surface area (Å²) in [6.07, 6.45) is -0.860. The molecular weight excluding hydrogens is 734 g/mol. The van der Waals surface area contributed by atoms with Gasteiger partial charge in [-0.1, -0.05) is 155 Å². The highest BCUT2D eigenvalue weighted by Crippen LogP contribution is 2.45. The van der Waals surface area contributed by atoms with Crippen LogP contribution < -0.4 is 10.5 Å². The summed E-state index contributed by atoms with van der Waals surface area (Å²) in [6, 6.07) is 44.5. The molecule has 1 saturated heterocycles. The van der Waals surface area contributed by atoms with Gasteiger partial charge in [0.05, 0.1) is 32.5 Å². The van der Waals surface area contributed by atoms with E-state index in [0.717, 1.165) is 39.1 Å². The minimum atomic E-state index is -1.35. The summed E-state index contributed by atoms with van der Waals surface area (Å²) in [7, 11) is 3.17. The molecule has 0 spiro atoms. The van der Waals surface area contributed by atoms with Gasteiger partial charge in [-0.05, 0) is 78.9 Å². The van der Waals surface area contributed by atoms with Crippen LogP contribution in [0.15, 0.2) is 133 Å². The average Bonchev–Trinajstić information content (AvgIpc) is 3.28. The van der Waals surface area contributed by atoms with Gasteiger partial charge in [0.15, 0.2) is 0 Å². The van der Waals surface area contributed by atoms with Gasteiger partial charge in [-0.2, -0.15) is 0 Å². The van der Waals surface area contributed by atoms with Crippen LogP contribution in [0, 0.1) is 0 Å². The Bertz CT molecular complexity index is 1780. The molecule has 0 aromatic heterocycles. The molecule has 8 heteroatoms. The Morgan fingerprint density at radius 2 is 1.11 bits per heavy atom. The van der Waals surface area contributed by atoms with Crippen LogP contribution in [0.4, 0.5) is 0 Å². The maximum atomic E-state index is 7.12. The lowest BCUT2D eigenvalue weighted by Gasteiger charge is -2.52. The number of rotatable bonds is 16. The third kappa shape index (κ3) is 13.2. The Morgan fingerprint density at radius 3 is 1.58 bits per heavy atom. The number of hydrogen-bond acceptors (Lipinski definition) is 7. The number of ether oxygens (including phenoxy) is 6. The number of halogens is 1. The maximum Gasteiger partial charge on any atom is 0.224 e. The Balaban J connectivity index is 0.00000138. The zero-order chi connectivity index (χ0) is 41.5. The van der Waals surface area contributed by atoms with Crippen molar-refractivity contribution in [1.29, 1.82) is 0 Å². The van der Waals surface area contributed by atoms with Crippen LogP contribution >= 0.6 is 11.6 Å². The lowest BCUT2D eigenvalue weighted by molar-refractivity contribution is -0.382. The number of benzene rings is 5. The topological polar surface area (TPSA) is 81.4 Å². The van der Waals surface area contributed by atoms with Crippen LogP contribution in [-0.4, -0.2) is 45.2 Å². The molecule has 1 fully saturated rings. The Kier molecular flexibility index (Phi) is 21.6. The molecular formula is C49H64ClNO6. The van der Waals surface area contributed by atoms with E-state index in [1.54, 1.807) is 7.11 Å². The lowest BCUT2D eigenvalue weighted by atomic mass is 9.85. The highest BCUT2D eigenvalue weighted by Gasteiger charge is 2.58. The molecule has 2 unspecified atom stereocenters. The van der Waals surface area contributed by atoms with Gasteiger partial charge < -0.3 is 34.2 Å². The molecule has 2 N–H and O–H groups in total. The molecule has 0 aliphatic carbocycles. The summed E-state index contributed by atoms with van der Waals surface area (Å²) in [4.78, 5) is 0. The lowest BCUT2D eigenvalue weighted by Crippen LogP contribution is -2.65. The zero-order valence-electron chi connectivity index (χ0n) is 35.2. The van der Waals surface area contributed by atoms with Crippen LogP contribution in [0.2, 0.25) is 5.02 Å². The second-order valence-electron chi connectivity index (χ2n) is 12.7. The zero-order valence-corrected chi connectivity index (χ0v) is 35.9. The summed E-state index contributed by atoms with van der Waals surface area (Å²) >= 11 is 6.87. The van der Waals surface area contributed by atoms with Gasteiger partial charge >= 0.3 is 0 Å². The standard InChI is InChI=1S/C44H47ClO6.2C2H6.CH5N/c1-4-40-41(48-29-33-15-9-6-10-16-33)42(49-30-34-17-11-7-12-18-34)43(50-31-35-19-13-8-14-20-35)44(46-3,51-40)37-23-26-39(45)36(28-37)27-32-21-24-38(25-22-32)47-5-2;3*1-2/h6-26,28,40-43H,4-5,27,29-31H2,1-3H3;2*1-2H3;2H2,1H3/t40?,41-,42?,43-,44+;;;/m1.../s1. The molecule has 57 heavy (non-hydrogen) atoms. The van der Waals surface area contributed by atoms with E-state index in [-0.39, 0.29) is 6.10 Å². The van der Waals surface area contributed by atoms with Crippen molar-refractivity contribution in [3.8, 4) is 5.75 Å². The fraction of sp³-hybridized carbons (Fsp3) is 0.388. The molecule has 308 valence electrons. The smallest absolute Gasteiger partial charge is 0.224 e. The van der Waals surface area contributed by atoms with E-state index in [1.807, 2.05) is 126 Å². The maximum absolute atomic E-state index is 7.12. The van der Waals surface area contributed by atoms with Gasteiger partial charge in [0.2, 0.25) is 5.79 Å². The van der Waals surface area contributed by atoms with Crippen molar-refractivity contribution in [2.24, 2.45) is 5.73 Å². The Labute approximate surface area is 347 Å². The second kappa shape index (κ2) is 26.1. The largest absolute Gasteiger partial charge is 0.494 e. The molecule has 1 aliphatic rings. The van der Waals surface area contributed by atoms with Gasteiger partial charge in [-0.15, -0.1) is 0 Å². The summed E-state index contributed by atoms with van der Waals surface area (Å²) in [5.41, 5.74) is 10.5. The minimum absolute atomic E-state index is 0.319. The number of hydrogen-bond donors (Lipinski definition) is 1. The SMILES string of the molecule is CC.CC.CCOc1ccc(Cc2cc([C@]3(OC)OC(CC)[C@@H](OCc4ccccc4)C(OCc4ccccc4)[C@H]3OCc3ccccc3)ccc2Cl)cc1.CN. The first-order chi connectivity index (χ1) is 28.0. The van der Waals surface area contributed by atoms with Crippen molar-refractivity contribution in [3.05, 3.63) is 172 Å². The van der Waals surface area contributed by atoms with Gasteiger partial charge in [-0.25, -0.2) is 0 Å². The van der Waals surface area contributed by atoms with Crippen LogP contribution in [0.5, 0.6) is 5.75 Å². The predicted molar refractivity (Wildman–Crippen MR) is 234 cm³/mol. The van der Waals surface area contributed by atoms with E-state index in [0.29, 0.717) is 44.3 Å². The summed E-state index contributed by atoms with van der Waals surface area (Å²) < 4.78 is 39.9. The molecule has 5 aromatic carbocycles. The van der Waals surface area contributed by atoms with Gasteiger partial charge in [0.25, 0.3) is 0 Å². The van der Waals surface area contributed by atoms with Crippen molar-refractivity contribution < 1.29 is 28.4 Å². The minimum Gasteiger partial charge on any atom is -0.494 e. The molecule has 5 atom stereocenters. The van der Waals surface area contributed by atoms with Crippen molar-refractivity contribution in [2.45, 2.75) is 104 Å². The first-order valence-electron chi connectivity index (χ1n) is 20.3. The molecule has 1 aliphatic heterocycles. The molecule has 0 saturated carbocycles. The quantitative estimate of drug-likeness (QED) is 0.106. The van der Waals surface area contributed by atoms with E-state index < -0.39 is 24.1 Å². The Morgan fingerprint density at radius 1 is 0.614 bits per heavy atom. The van der Waals surface area contributed by atoms with Crippen LogP contribution in [0.3, 0.4) is 0 Å². The average molecular weight is 799 g/mol. The molecule has 6 rings (SSSR count). The molecule has 0 bridgehead atoms. The van der Waals surface area contributed by atoms with E-state index in [1.165, 1.54) is 7.05 Å². The van der Waals surface area contributed by atoms with E-state index in [2.05, 4.69) is 55.1 Å². The van der Waals surface area contributed by atoms with Gasteiger partial charge in [0.1, 0.15) is 24.1 Å². The molecule has 0 radical (unpaired) electrons. The van der Waals surface area contributed by atoms with E-state index >= 15 is 0 Å². The van der Waals surface area contributed by atoms with Crippen molar-refractivity contribution in [2.75, 3.05) is 20.8 Å². The highest BCUT2D eigenvalue weighted by molar-refractivity contribution is 6.31. The van der Waals surface area contributed by atoms with Crippen molar-refractivity contribution >= 4 is 11.6 Å². The monoisotopic (exact) mass is 797 g/mol. The molecule has 0 amide bonds. The molecule has 5 aromatic rings. The first-order valence-corrected chi connectivity index (χ1v) is 20.7. The number of methoxy groups -OCH3 is 1. The van der Waals surface area contributed by atoms with Crippen LogP contribution in [0.1, 0.15) is 81.3 Å². The fourth-order valence-electron chi connectivity index (χ4n) is 6.69. The first kappa shape index (κ1) is 47.3. The summed E-state index contributed by atoms with van der Waals surface area (Å²) in [5.74, 6) is -0.508. The van der Waals surface area contributed by atoms with Gasteiger partial charge in [0, 0.05) is 17.7 Å². The fourth-order valence-corrected chi connectivity index (χ4v) is 6.87. The summed E-state index contributed by atoms with van der Waals surface area (Å²) in [6.45, 7) is 13.8. The van der Waals surface area contributed by atoms with Crippen LogP contribution in [0.25, 0.3) is 0 Å². The van der Waals surface area contributed by atoms with E-state index in [4.69, 9.17) is 40.0 Å². The third-order valence-electron chi connectivity index (χ3n) is 9.32. The highest BCUT2D eigenvalue weighted by atomic mass is 35.5. The second-order valence-corrected chi connectivity index (χ2v) is 13.1. The normalized spacial score (nSPS) is 19.8. The third-order valence-corrected chi connectivity index (χ3v) is 9.68.